The molecule has 0 fully saturated rings. The minimum Gasteiger partial charge on any atom is -0.234 e. The van der Waals surface area contributed by atoms with E-state index in [2.05, 4.69) is 42.3 Å². The second kappa shape index (κ2) is 30.7. The van der Waals surface area contributed by atoms with Crippen molar-refractivity contribution < 1.29 is 4.57 Å². The van der Waals surface area contributed by atoms with E-state index >= 15 is 0 Å². The Bertz CT molecular complexity index is 634. The molecule has 0 bridgehead atoms. The first-order valence-electron chi connectivity index (χ1n) is 19.4. The molecule has 2 heteroatoms. The second-order valence-corrected chi connectivity index (χ2v) is 13.4. The van der Waals surface area contributed by atoms with Crippen molar-refractivity contribution in [1.82, 2.24) is 4.57 Å². The predicted molar refractivity (Wildman–Crippen MR) is 184 cm³/mol. The number of unbranched alkanes of at least 4 members (excludes halogenated alkanes) is 27. The summed E-state index contributed by atoms with van der Waals surface area (Å²) >= 11 is 0. The first-order chi connectivity index (χ1) is 20.3. The van der Waals surface area contributed by atoms with E-state index in [0.29, 0.717) is 0 Å². The normalized spacial score (nSPS) is 11.6. The molecule has 0 aromatic carbocycles. The van der Waals surface area contributed by atoms with Crippen molar-refractivity contribution in [2.45, 2.75) is 233 Å². The Morgan fingerprint density at radius 2 is 0.756 bits per heavy atom. The molecular weight excluding hydrogens is 496 g/mol. The van der Waals surface area contributed by atoms with Crippen molar-refractivity contribution in [2.24, 2.45) is 0 Å². The molecule has 0 saturated carbocycles. The Morgan fingerprint density at radius 3 is 1.12 bits per heavy atom. The van der Waals surface area contributed by atoms with E-state index in [1.54, 1.807) is 5.82 Å². The fourth-order valence-electron chi connectivity index (χ4n) is 6.55. The van der Waals surface area contributed by atoms with Crippen LogP contribution in [0.4, 0.5) is 0 Å². The van der Waals surface area contributed by atoms with Crippen molar-refractivity contribution in [1.29, 1.82) is 0 Å². The molecule has 1 aromatic heterocycles. The minimum absolute atomic E-state index is 1.22. The Balaban J connectivity index is 1.98. The first kappa shape index (κ1) is 38.2. The smallest absolute Gasteiger partial charge is 0.234 e. The molecule has 1 aromatic rings. The van der Waals surface area contributed by atoms with Gasteiger partial charge in [-0.2, -0.15) is 0 Å². The third kappa shape index (κ3) is 23.4. The van der Waals surface area contributed by atoms with Crippen molar-refractivity contribution >= 4 is 0 Å². The van der Waals surface area contributed by atoms with E-state index in [0.717, 1.165) is 0 Å². The third-order valence-corrected chi connectivity index (χ3v) is 9.32. The van der Waals surface area contributed by atoms with E-state index in [1.807, 2.05) is 0 Å². The van der Waals surface area contributed by atoms with Gasteiger partial charge >= 0.3 is 0 Å². The van der Waals surface area contributed by atoms with Crippen LogP contribution in [0.2, 0.25) is 0 Å². The lowest BCUT2D eigenvalue weighted by Gasteiger charge is -2.06. The van der Waals surface area contributed by atoms with Gasteiger partial charge in [0, 0.05) is 6.42 Å². The highest BCUT2D eigenvalue weighted by atomic mass is 15.1. The Hall–Kier alpha value is -0.790. The zero-order valence-electron chi connectivity index (χ0n) is 28.9. The zero-order valence-corrected chi connectivity index (χ0v) is 28.9. The van der Waals surface area contributed by atoms with Crippen LogP contribution in [-0.4, -0.2) is 4.57 Å². The van der Waals surface area contributed by atoms with Crippen LogP contribution in [0.1, 0.15) is 219 Å². The van der Waals surface area contributed by atoms with Crippen LogP contribution >= 0.6 is 0 Å². The van der Waals surface area contributed by atoms with Crippen LogP contribution in [0.3, 0.4) is 0 Å². The standard InChI is InChI=1S/C39H77N2/c1-4-7-9-11-13-15-17-19-20-21-22-23-25-27-29-31-33-36-41-38-37-40(39(41)34-6-3)35-32-30-28-26-24-18-16-14-12-10-8-5-2/h37-38H,4-36H2,1-3H3/q+1. The van der Waals surface area contributed by atoms with Crippen LogP contribution in [0.5, 0.6) is 0 Å². The van der Waals surface area contributed by atoms with Crippen LogP contribution in [0.25, 0.3) is 0 Å². The van der Waals surface area contributed by atoms with Gasteiger partial charge in [0.05, 0.1) is 13.1 Å². The summed E-state index contributed by atoms with van der Waals surface area (Å²) in [5, 5.41) is 0. The maximum Gasteiger partial charge on any atom is 0.256 e. The summed E-state index contributed by atoms with van der Waals surface area (Å²) in [7, 11) is 0. The van der Waals surface area contributed by atoms with Gasteiger partial charge in [-0.25, -0.2) is 9.13 Å². The lowest BCUT2D eigenvalue weighted by atomic mass is 10.0. The molecule has 0 saturated heterocycles. The Labute approximate surface area is 259 Å². The summed E-state index contributed by atoms with van der Waals surface area (Å²) in [5.74, 6) is 1.58. The lowest BCUT2D eigenvalue weighted by Crippen LogP contribution is -2.37. The molecule has 0 spiro atoms. The van der Waals surface area contributed by atoms with Crippen molar-refractivity contribution in [2.75, 3.05) is 0 Å². The average molecular weight is 574 g/mol. The van der Waals surface area contributed by atoms with Gasteiger partial charge in [0.25, 0.3) is 5.82 Å². The zero-order chi connectivity index (χ0) is 29.5. The molecule has 1 rings (SSSR count). The van der Waals surface area contributed by atoms with E-state index in [9.17, 15) is 0 Å². The summed E-state index contributed by atoms with van der Waals surface area (Å²) in [6.07, 6.45) is 49.0. The molecule has 0 aliphatic rings. The first-order valence-corrected chi connectivity index (χ1v) is 19.4. The average Bonchev–Trinajstić information content (AvgIpc) is 3.36. The molecule has 0 aliphatic carbocycles. The van der Waals surface area contributed by atoms with E-state index in [-0.39, 0.29) is 0 Å². The highest BCUT2D eigenvalue weighted by molar-refractivity contribution is 4.84. The van der Waals surface area contributed by atoms with Gasteiger partial charge < -0.3 is 0 Å². The molecule has 0 unspecified atom stereocenters. The second-order valence-electron chi connectivity index (χ2n) is 13.4. The summed E-state index contributed by atoms with van der Waals surface area (Å²) in [6.45, 7) is 9.39. The highest BCUT2D eigenvalue weighted by Crippen LogP contribution is 2.15. The molecule has 0 N–H and O–H groups in total. The summed E-state index contributed by atoms with van der Waals surface area (Å²) < 4.78 is 5.16. The topological polar surface area (TPSA) is 8.81 Å². The number of hydrogen-bond acceptors (Lipinski definition) is 0. The number of nitrogens with zero attached hydrogens (tertiary/aromatic N) is 2. The van der Waals surface area contributed by atoms with E-state index in [4.69, 9.17) is 0 Å². The van der Waals surface area contributed by atoms with E-state index < -0.39 is 0 Å². The number of rotatable bonds is 33. The van der Waals surface area contributed by atoms with Crippen LogP contribution in [0.15, 0.2) is 12.4 Å². The van der Waals surface area contributed by atoms with E-state index in [1.165, 1.54) is 212 Å². The SMILES string of the molecule is CCCCCCCCCCCCCCCCCCC[n+]1ccn(CCCCCCCCCCCCCC)c1CCC. The maximum atomic E-state index is 2.58. The maximum absolute atomic E-state index is 2.58. The lowest BCUT2D eigenvalue weighted by molar-refractivity contribution is -0.704. The molecule has 41 heavy (non-hydrogen) atoms. The minimum atomic E-state index is 1.22. The van der Waals surface area contributed by atoms with Crippen LogP contribution in [0, 0.1) is 0 Å². The molecule has 0 atom stereocenters. The van der Waals surface area contributed by atoms with Gasteiger partial charge in [0.2, 0.25) is 0 Å². The van der Waals surface area contributed by atoms with Crippen molar-refractivity contribution in [3.05, 3.63) is 18.2 Å². The number of imidazole rings is 1. The highest BCUT2D eigenvalue weighted by Gasteiger charge is 2.15. The number of aromatic nitrogens is 2. The monoisotopic (exact) mass is 574 g/mol. The Kier molecular flexibility index (Phi) is 28.6. The fraction of sp³-hybridized carbons (Fsp3) is 0.923. The number of aryl methyl sites for hydroxylation is 2. The quantitative estimate of drug-likeness (QED) is 0.0584. The van der Waals surface area contributed by atoms with Crippen LogP contribution < -0.4 is 4.57 Å². The van der Waals surface area contributed by atoms with Gasteiger partial charge in [-0.1, -0.05) is 181 Å². The molecule has 0 amide bonds. The largest absolute Gasteiger partial charge is 0.256 e. The van der Waals surface area contributed by atoms with Gasteiger partial charge in [-0.15, -0.1) is 0 Å². The van der Waals surface area contributed by atoms with Gasteiger partial charge in [-0.3, -0.25) is 0 Å². The fourth-order valence-corrected chi connectivity index (χ4v) is 6.55. The summed E-state index contributed by atoms with van der Waals surface area (Å²) in [6, 6.07) is 0. The van der Waals surface area contributed by atoms with Crippen molar-refractivity contribution in [3.63, 3.8) is 0 Å². The number of hydrogen-bond donors (Lipinski definition) is 0. The van der Waals surface area contributed by atoms with Crippen LogP contribution in [-0.2, 0) is 19.5 Å². The predicted octanol–water partition coefficient (Wildman–Crippen LogP) is 13.1. The molecule has 242 valence electrons. The summed E-state index contributed by atoms with van der Waals surface area (Å²) in [4.78, 5) is 0. The molecule has 1 heterocycles. The summed E-state index contributed by atoms with van der Waals surface area (Å²) in [5.41, 5.74) is 0. The van der Waals surface area contributed by atoms with Gasteiger partial charge in [0.1, 0.15) is 12.4 Å². The third-order valence-electron chi connectivity index (χ3n) is 9.32. The molecular formula is C39H77N2+. The van der Waals surface area contributed by atoms with Gasteiger partial charge in [0.15, 0.2) is 0 Å². The molecule has 2 nitrogen and oxygen atoms in total. The van der Waals surface area contributed by atoms with Crippen molar-refractivity contribution in [3.8, 4) is 0 Å². The molecule has 0 aliphatic heterocycles. The molecule has 0 radical (unpaired) electrons. The Morgan fingerprint density at radius 1 is 0.415 bits per heavy atom. The van der Waals surface area contributed by atoms with Gasteiger partial charge in [-0.05, 0) is 32.1 Å².